The Balaban J connectivity index is 0.00000400. The summed E-state index contributed by atoms with van der Waals surface area (Å²) in [4.78, 5) is 39.8. The van der Waals surface area contributed by atoms with Crippen LogP contribution in [0.4, 0.5) is 23.0 Å². The molecule has 1 aliphatic heterocycles. The first-order chi connectivity index (χ1) is 17.5. The van der Waals surface area contributed by atoms with Crippen LogP contribution in [-0.2, 0) is 48.1 Å². The quantitative estimate of drug-likeness (QED) is 0.414. The Morgan fingerprint density at radius 2 is 1.82 bits per heavy atom. The van der Waals surface area contributed by atoms with Gasteiger partial charge in [0.05, 0.1) is 24.8 Å². The third-order valence-electron chi connectivity index (χ3n) is 6.43. The summed E-state index contributed by atoms with van der Waals surface area (Å²) in [6, 6.07) is -1.45. The highest BCUT2D eigenvalue weighted by Gasteiger charge is 2.39. The lowest BCUT2D eigenvalue weighted by Gasteiger charge is -2.28. The number of nitrogens with two attached hydrogens (primary N) is 1. The summed E-state index contributed by atoms with van der Waals surface area (Å²) in [6.45, 7) is 3.39. The minimum absolute atomic E-state index is 0. The lowest BCUT2D eigenvalue weighted by atomic mass is 9.95. The van der Waals surface area contributed by atoms with Crippen molar-refractivity contribution in [2.45, 2.75) is 71.3 Å². The van der Waals surface area contributed by atoms with Crippen molar-refractivity contribution in [2.75, 3.05) is 18.5 Å². The smallest absolute Gasteiger partial charge is 0.425 e. The second-order valence-electron chi connectivity index (χ2n) is 9.05. The van der Waals surface area contributed by atoms with Gasteiger partial charge in [0.2, 0.25) is 5.91 Å². The zero-order valence-electron chi connectivity index (χ0n) is 21.0. The third-order valence-corrected chi connectivity index (χ3v) is 8.94. The monoisotopic (exact) mass is 594 g/mol. The Kier molecular flexibility index (Phi) is 9.71. The van der Waals surface area contributed by atoms with Gasteiger partial charge in [0.1, 0.15) is 9.88 Å². The van der Waals surface area contributed by atoms with Crippen molar-refractivity contribution in [1.29, 1.82) is 0 Å². The van der Waals surface area contributed by atoms with Crippen LogP contribution in [0, 0.1) is 0 Å². The molecule has 14 heteroatoms. The predicted octanol–water partition coefficient (Wildman–Crippen LogP) is 4.86. The molecule has 2 aliphatic rings. The molecule has 38 heavy (non-hydrogen) atoms. The predicted molar refractivity (Wildman–Crippen MR) is 142 cm³/mol. The van der Waals surface area contributed by atoms with Gasteiger partial charge in [0, 0.05) is 22.8 Å². The van der Waals surface area contributed by atoms with E-state index in [1.807, 2.05) is 0 Å². The number of carbonyl (C=O) groups is 3. The summed E-state index contributed by atoms with van der Waals surface area (Å²) in [6.07, 6.45) is -0.939. The van der Waals surface area contributed by atoms with Gasteiger partial charge in [0.15, 0.2) is 0 Å². The Morgan fingerprint density at radius 1 is 1.11 bits per heavy atom. The molecule has 2 aromatic heterocycles. The Bertz CT molecular complexity index is 1210. The summed E-state index contributed by atoms with van der Waals surface area (Å²) in [5.41, 5.74) is 7.38. The third kappa shape index (κ3) is 6.27. The number of aryl methyl sites for hydroxylation is 1. The van der Waals surface area contributed by atoms with Crippen LogP contribution in [0.3, 0.4) is 0 Å². The van der Waals surface area contributed by atoms with Crippen LogP contribution < -0.4 is 16.4 Å². The van der Waals surface area contributed by atoms with Crippen LogP contribution in [0.1, 0.15) is 68.4 Å². The molecule has 2 aromatic rings. The van der Waals surface area contributed by atoms with Gasteiger partial charge in [0.25, 0.3) is 0 Å². The first kappa shape index (κ1) is 30.2. The van der Waals surface area contributed by atoms with Crippen molar-refractivity contribution < 1.29 is 32.3 Å². The van der Waals surface area contributed by atoms with E-state index >= 15 is 0 Å². The molecule has 1 aliphatic carbocycles. The van der Waals surface area contributed by atoms with Crippen LogP contribution in [-0.4, -0.2) is 42.0 Å². The number of amides is 3. The van der Waals surface area contributed by atoms with Crippen LogP contribution in [0.25, 0.3) is 0 Å². The molecule has 210 valence electrons. The summed E-state index contributed by atoms with van der Waals surface area (Å²) < 4.78 is 46.8. The van der Waals surface area contributed by atoms with Crippen molar-refractivity contribution in [3.8, 4) is 0 Å². The van der Waals surface area contributed by atoms with E-state index in [9.17, 15) is 27.6 Å². The fraction of sp³-hybridized carbons (Fsp3) is 0.542. The summed E-state index contributed by atoms with van der Waals surface area (Å²) >= 11 is 1.90. The fourth-order valence-corrected chi connectivity index (χ4v) is 7.27. The van der Waals surface area contributed by atoms with Gasteiger partial charge in [-0.3, -0.25) is 10.1 Å². The van der Waals surface area contributed by atoms with Crippen molar-refractivity contribution >= 4 is 58.0 Å². The van der Waals surface area contributed by atoms with Gasteiger partial charge in [-0.1, -0.05) is 0 Å². The molecule has 4 rings (SSSR count). The summed E-state index contributed by atoms with van der Waals surface area (Å²) in [7, 11) is 0. The first-order valence-corrected chi connectivity index (χ1v) is 13.8. The zero-order valence-corrected chi connectivity index (χ0v) is 23.4. The number of esters is 1. The van der Waals surface area contributed by atoms with E-state index in [1.54, 1.807) is 13.8 Å². The van der Waals surface area contributed by atoms with Gasteiger partial charge in [-0.25, -0.2) is 9.59 Å². The van der Waals surface area contributed by atoms with Crippen molar-refractivity contribution in [3.63, 3.8) is 0 Å². The van der Waals surface area contributed by atoms with E-state index in [4.69, 9.17) is 10.5 Å². The van der Waals surface area contributed by atoms with Gasteiger partial charge in [-0.15, -0.1) is 35.1 Å². The lowest BCUT2D eigenvalue weighted by molar-refractivity contribution is -0.135. The van der Waals surface area contributed by atoms with Crippen LogP contribution in [0.5, 0.6) is 0 Å². The summed E-state index contributed by atoms with van der Waals surface area (Å²) in [5.74, 6) is -0.836. The van der Waals surface area contributed by atoms with E-state index in [-0.39, 0.29) is 56.5 Å². The molecule has 3 heterocycles. The average molecular weight is 595 g/mol. The molecule has 4 N–H and O–H groups in total. The molecule has 3 amide bonds. The maximum absolute atomic E-state index is 13.9. The Morgan fingerprint density at radius 3 is 2.47 bits per heavy atom. The summed E-state index contributed by atoms with van der Waals surface area (Å²) in [5, 5.41) is 5.55. The maximum atomic E-state index is 13.9. The van der Waals surface area contributed by atoms with E-state index in [0.717, 1.165) is 29.7 Å². The number of alkyl halides is 3. The SMILES string of the molecule is CCOC(=O)c1c(NC(=O)NCc2c(C(F)(F)F)sc3c2CCN(C(=O)C(C)N)C3)sc2c1CCCC2.Cl. The number of nitrogens with one attached hydrogen (secondary N) is 2. The minimum atomic E-state index is -4.60. The van der Waals surface area contributed by atoms with Gasteiger partial charge in [-0.2, -0.15) is 13.2 Å². The van der Waals surface area contributed by atoms with Gasteiger partial charge in [-0.05, 0) is 62.6 Å². The fourth-order valence-electron chi connectivity index (χ4n) is 4.75. The van der Waals surface area contributed by atoms with E-state index in [0.29, 0.717) is 38.8 Å². The topological polar surface area (TPSA) is 114 Å². The average Bonchev–Trinajstić information content (AvgIpc) is 3.39. The number of urea groups is 1. The molecule has 8 nitrogen and oxygen atoms in total. The first-order valence-electron chi connectivity index (χ1n) is 12.1. The van der Waals surface area contributed by atoms with Crippen LogP contribution in [0.2, 0.25) is 0 Å². The number of thiophene rings is 2. The zero-order chi connectivity index (χ0) is 26.9. The van der Waals surface area contributed by atoms with Crippen LogP contribution in [0.15, 0.2) is 0 Å². The standard InChI is InChI=1S/C24H29F3N4O4S2.ClH/c1-3-35-22(33)18-14-6-4-5-7-16(14)37-20(18)30-23(34)29-10-15-13-8-9-31(21(32)12(2)28)11-17(13)36-19(15)24(25,26)27;/h12H,3-11,28H2,1-2H3,(H2,29,30,34);1H. The molecule has 0 spiro atoms. The number of fused-ring (bicyclic) bond motifs is 2. The number of carbonyl (C=O) groups excluding carboxylic acids is 3. The second-order valence-corrected chi connectivity index (χ2v) is 11.3. The second kappa shape index (κ2) is 12.2. The molecular formula is C24H30ClF3N4O4S2. The lowest BCUT2D eigenvalue weighted by Crippen LogP contribution is -2.44. The molecule has 0 radical (unpaired) electrons. The Hall–Kier alpha value is -2.35. The molecule has 0 bridgehead atoms. The number of hydrogen-bond acceptors (Lipinski definition) is 7. The number of rotatable bonds is 6. The number of halogens is 4. The maximum Gasteiger partial charge on any atom is 0.425 e. The van der Waals surface area contributed by atoms with Crippen molar-refractivity contribution in [3.05, 3.63) is 36.9 Å². The molecular weight excluding hydrogens is 565 g/mol. The van der Waals surface area contributed by atoms with Crippen molar-refractivity contribution in [1.82, 2.24) is 10.2 Å². The number of anilines is 1. The van der Waals surface area contributed by atoms with Gasteiger partial charge >= 0.3 is 18.2 Å². The molecule has 1 unspecified atom stereocenters. The highest BCUT2D eigenvalue weighted by molar-refractivity contribution is 7.17. The molecule has 1 atom stereocenters. The molecule has 0 saturated heterocycles. The largest absolute Gasteiger partial charge is 0.462 e. The van der Waals surface area contributed by atoms with Gasteiger partial charge < -0.3 is 20.7 Å². The number of nitrogens with zero attached hydrogens (tertiary/aromatic N) is 1. The highest BCUT2D eigenvalue weighted by atomic mass is 35.5. The normalized spacial score (nSPS) is 15.6. The highest BCUT2D eigenvalue weighted by Crippen LogP contribution is 2.43. The molecule has 0 saturated carbocycles. The van der Waals surface area contributed by atoms with Crippen LogP contribution >= 0.6 is 35.1 Å². The number of hydrogen-bond donors (Lipinski definition) is 3. The number of ether oxygens (including phenoxy) is 1. The molecule has 0 aromatic carbocycles. The van der Waals surface area contributed by atoms with E-state index in [2.05, 4.69) is 10.6 Å². The Labute approximate surface area is 232 Å². The van der Waals surface area contributed by atoms with E-state index < -0.39 is 29.1 Å². The minimum Gasteiger partial charge on any atom is -0.462 e. The molecule has 0 fully saturated rings. The van der Waals surface area contributed by atoms with Crippen molar-refractivity contribution in [2.24, 2.45) is 5.73 Å². The van der Waals surface area contributed by atoms with E-state index in [1.165, 1.54) is 16.2 Å².